The van der Waals surface area contributed by atoms with Crippen LogP contribution in [0.4, 0.5) is 0 Å². The maximum atomic E-state index is 12.0. The van der Waals surface area contributed by atoms with Gasteiger partial charge in [0.15, 0.2) is 0 Å². The zero-order valence-electron chi connectivity index (χ0n) is 11.8. The predicted octanol–water partition coefficient (Wildman–Crippen LogP) is 1.94. The summed E-state index contributed by atoms with van der Waals surface area (Å²) < 4.78 is 4.51. The third-order valence-corrected chi connectivity index (χ3v) is 2.84. The second-order valence-electron chi connectivity index (χ2n) is 4.52. The van der Waals surface area contributed by atoms with Crippen molar-refractivity contribution in [3.8, 4) is 0 Å². The second-order valence-corrected chi connectivity index (χ2v) is 4.92. The molecule has 0 aliphatic carbocycles. The highest BCUT2D eigenvalue weighted by atomic mass is 35.5. The van der Waals surface area contributed by atoms with Crippen LogP contribution in [-0.4, -0.2) is 35.5 Å². The summed E-state index contributed by atoms with van der Waals surface area (Å²) in [5, 5.41) is 2.87. The molecule has 0 aromatic carbocycles. The predicted molar refractivity (Wildman–Crippen MR) is 74.7 cm³/mol. The maximum Gasteiger partial charge on any atom is 0.305 e. The molecular weight excluding hydrogens is 282 g/mol. The number of carbonyl (C=O) groups excluding carboxylic acids is 2. The van der Waals surface area contributed by atoms with Crippen LogP contribution < -0.4 is 5.32 Å². The number of rotatable bonds is 6. The van der Waals surface area contributed by atoms with Gasteiger partial charge < -0.3 is 10.1 Å². The van der Waals surface area contributed by atoms with Crippen LogP contribution in [0, 0.1) is 0 Å². The molecule has 110 valence electrons. The molecule has 7 heteroatoms. The number of nitrogens with zero attached hydrogens (tertiary/aromatic N) is 2. The fraction of sp³-hybridized carbons (Fsp3) is 0.538. The quantitative estimate of drug-likeness (QED) is 0.641. The molecule has 0 bridgehead atoms. The molecule has 0 radical (unpaired) electrons. The van der Waals surface area contributed by atoms with E-state index in [1.807, 2.05) is 13.8 Å². The second kappa shape index (κ2) is 7.79. The molecule has 0 unspecified atom stereocenters. The highest BCUT2D eigenvalue weighted by Crippen LogP contribution is 2.16. The van der Waals surface area contributed by atoms with Gasteiger partial charge >= 0.3 is 5.97 Å². The first kappa shape index (κ1) is 16.4. The lowest BCUT2D eigenvalue weighted by Gasteiger charge is -2.08. The monoisotopic (exact) mass is 299 g/mol. The Hall–Kier alpha value is -1.69. The Kier molecular flexibility index (Phi) is 6.38. The highest BCUT2D eigenvalue weighted by molar-refractivity contribution is 6.33. The molecular formula is C13H18ClN3O3. The minimum Gasteiger partial charge on any atom is -0.469 e. The van der Waals surface area contributed by atoms with Gasteiger partial charge in [-0.15, -0.1) is 0 Å². The molecule has 0 atom stereocenters. The van der Waals surface area contributed by atoms with Crippen molar-refractivity contribution < 1.29 is 14.3 Å². The maximum absolute atomic E-state index is 12.0. The smallest absolute Gasteiger partial charge is 0.305 e. The van der Waals surface area contributed by atoms with Crippen molar-refractivity contribution >= 4 is 23.5 Å². The third kappa shape index (κ3) is 4.77. The van der Waals surface area contributed by atoms with Crippen molar-refractivity contribution in [3.63, 3.8) is 0 Å². The van der Waals surface area contributed by atoms with E-state index in [-0.39, 0.29) is 34.9 Å². The van der Waals surface area contributed by atoms with Crippen molar-refractivity contribution in [2.24, 2.45) is 0 Å². The first-order valence-corrected chi connectivity index (χ1v) is 6.71. The minimum atomic E-state index is -0.371. The summed E-state index contributed by atoms with van der Waals surface area (Å²) in [5.41, 5.74) is 0.156. The molecule has 20 heavy (non-hydrogen) atoms. The Morgan fingerprint density at radius 3 is 2.75 bits per heavy atom. The van der Waals surface area contributed by atoms with Crippen LogP contribution in [0.3, 0.4) is 0 Å². The molecule has 1 aromatic rings. The van der Waals surface area contributed by atoms with E-state index in [0.29, 0.717) is 18.8 Å². The van der Waals surface area contributed by atoms with Gasteiger partial charge in [-0.1, -0.05) is 25.4 Å². The summed E-state index contributed by atoms with van der Waals surface area (Å²) in [6.07, 6.45) is 2.18. The molecule has 0 fully saturated rings. The number of halogens is 1. The molecule has 0 saturated carbocycles. The third-order valence-electron chi connectivity index (χ3n) is 2.57. The van der Waals surface area contributed by atoms with E-state index in [1.54, 1.807) is 0 Å². The Morgan fingerprint density at radius 1 is 1.45 bits per heavy atom. The van der Waals surface area contributed by atoms with Crippen LogP contribution in [-0.2, 0) is 9.53 Å². The topological polar surface area (TPSA) is 81.2 Å². The van der Waals surface area contributed by atoms with Crippen molar-refractivity contribution in [2.45, 2.75) is 32.6 Å². The van der Waals surface area contributed by atoms with Gasteiger partial charge in [-0.05, 0) is 6.42 Å². The number of amides is 1. The lowest BCUT2D eigenvalue weighted by Crippen LogP contribution is -2.26. The highest BCUT2D eigenvalue weighted by Gasteiger charge is 2.15. The van der Waals surface area contributed by atoms with E-state index in [1.165, 1.54) is 13.3 Å². The normalized spacial score (nSPS) is 10.4. The minimum absolute atomic E-state index is 0.109. The number of nitrogens with one attached hydrogen (secondary N) is 1. The number of carbonyl (C=O) groups is 2. The van der Waals surface area contributed by atoms with E-state index in [4.69, 9.17) is 11.6 Å². The van der Waals surface area contributed by atoms with Crippen LogP contribution in [0.5, 0.6) is 0 Å². The molecule has 1 N–H and O–H groups in total. The SMILES string of the molecule is COC(=O)CCCNC(=O)c1nc(C(C)C)ncc1Cl. The Balaban J connectivity index is 2.59. The van der Waals surface area contributed by atoms with Gasteiger partial charge in [0.1, 0.15) is 11.5 Å². The van der Waals surface area contributed by atoms with E-state index in [2.05, 4.69) is 20.0 Å². The average molecular weight is 300 g/mol. The van der Waals surface area contributed by atoms with Gasteiger partial charge in [0.25, 0.3) is 5.91 Å². The fourth-order valence-corrected chi connectivity index (χ4v) is 1.62. The number of esters is 1. The summed E-state index contributed by atoms with van der Waals surface area (Å²) in [7, 11) is 1.33. The van der Waals surface area contributed by atoms with Crippen molar-refractivity contribution in [3.05, 3.63) is 22.7 Å². The zero-order valence-corrected chi connectivity index (χ0v) is 12.5. The van der Waals surface area contributed by atoms with E-state index in [0.717, 1.165) is 0 Å². The number of ether oxygens (including phenoxy) is 1. The van der Waals surface area contributed by atoms with Gasteiger partial charge in [0.2, 0.25) is 0 Å². The summed E-state index contributed by atoms with van der Waals surface area (Å²) >= 11 is 5.92. The first-order valence-electron chi connectivity index (χ1n) is 6.33. The van der Waals surface area contributed by atoms with Crippen molar-refractivity contribution in [1.82, 2.24) is 15.3 Å². The molecule has 1 rings (SSSR count). The van der Waals surface area contributed by atoms with Gasteiger partial charge in [0.05, 0.1) is 18.3 Å². The van der Waals surface area contributed by atoms with E-state index < -0.39 is 0 Å². The van der Waals surface area contributed by atoms with Crippen LogP contribution in [0.15, 0.2) is 6.20 Å². The summed E-state index contributed by atoms with van der Waals surface area (Å²) in [6, 6.07) is 0. The first-order chi connectivity index (χ1) is 9.45. The molecule has 0 spiro atoms. The Labute approximate surface area is 122 Å². The van der Waals surface area contributed by atoms with E-state index >= 15 is 0 Å². The lowest BCUT2D eigenvalue weighted by molar-refractivity contribution is -0.140. The lowest BCUT2D eigenvalue weighted by atomic mass is 10.2. The van der Waals surface area contributed by atoms with E-state index in [9.17, 15) is 9.59 Å². The summed E-state index contributed by atoms with van der Waals surface area (Å²) in [6.45, 7) is 4.22. The molecule has 0 aliphatic heterocycles. The largest absolute Gasteiger partial charge is 0.469 e. The summed E-state index contributed by atoms with van der Waals surface area (Å²) in [5.74, 6) is -0.00201. The standard InChI is InChI=1S/C13H18ClN3O3/c1-8(2)12-16-7-9(14)11(17-12)13(19)15-6-4-5-10(18)20-3/h7-8H,4-6H2,1-3H3,(H,15,19). The van der Waals surface area contributed by atoms with Gasteiger partial charge in [-0.25, -0.2) is 9.97 Å². The van der Waals surface area contributed by atoms with Crippen LogP contribution >= 0.6 is 11.6 Å². The number of aromatic nitrogens is 2. The molecule has 0 aliphatic rings. The molecule has 1 heterocycles. The molecule has 0 saturated heterocycles. The molecule has 1 amide bonds. The van der Waals surface area contributed by atoms with Gasteiger partial charge in [0, 0.05) is 18.9 Å². The van der Waals surface area contributed by atoms with Gasteiger partial charge in [-0.3, -0.25) is 9.59 Å². The fourth-order valence-electron chi connectivity index (χ4n) is 1.44. The van der Waals surface area contributed by atoms with Crippen LogP contribution in [0.2, 0.25) is 5.02 Å². The number of hydrogen-bond acceptors (Lipinski definition) is 5. The zero-order chi connectivity index (χ0) is 15.1. The Bertz CT molecular complexity index is 492. The van der Waals surface area contributed by atoms with Crippen LogP contribution in [0.1, 0.15) is 48.9 Å². The number of hydrogen-bond donors (Lipinski definition) is 1. The van der Waals surface area contributed by atoms with Crippen molar-refractivity contribution in [1.29, 1.82) is 0 Å². The van der Waals surface area contributed by atoms with Crippen LogP contribution in [0.25, 0.3) is 0 Å². The summed E-state index contributed by atoms with van der Waals surface area (Å²) in [4.78, 5) is 31.1. The molecule has 6 nitrogen and oxygen atoms in total. The number of methoxy groups -OCH3 is 1. The molecule has 1 aromatic heterocycles. The van der Waals surface area contributed by atoms with Crippen molar-refractivity contribution in [2.75, 3.05) is 13.7 Å². The Morgan fingerprint density at radius 2 is 2.15 bits per heavy atom. The average Bonchev–Trinajstić information content (AvgIpc) is 2.43. The van der Waals surface area contributed by atoms with Gasteiger partial charge in [-0.2, -0.15) is 0 Å².